The van der Waals surface area contributed by atoms with Gasteiger partial charge in [-0.15, -0.1) is 0 Å². The molecule has 4 heteroatoms. The summed E-state index contributed by atoms with van der Waals surface area (Å²) in [6.07, 6.45) is 0. The van der Waals surface area contributed by atoms with E-state index in [4.69, 9.17) is 0 Å². The number of anilines is 1. The lowest BCUT2D eigenvalue weighted by Gasteiger charge is -2.20. The molecule has 2 N–H and O–H groups in total. The molecule has 0 aliphatic rings. The maximum Gasteiger partial charge on any atom is 0.125 e. The Kier molecular flexibility index (Phi) is 4.74. The predicted octanol–water partition coefficient (Wildman–Crippen LogP) is 3.39. The van der Waals surface area contributed by atoms with Gasteiger partial charge in [0, 0.05) is 23.1 Å². The molecule has 16 heavy (non-hydrogen) atoms. The van der Waals surface area contributed by atoms with Crippen molar-refractivity contribution in [1.29, 1.82) is 0 Å². The highest BCUT2D eigenvalue weighted by molar-refractivity contribution is 9.10. The van der Waals surface area contributed by atoms with Crippen LogP contribution in [-0.2, 0) is 0 Å². The van der Waals surface area contributed by atoms with Crippen LogP contribution in [0.4, 0.5) is 10.1 Å². The second-order valence-electron chi connectivity index (χ2n) is 4.73. The van der Waals surface area contributed by atoms with Gasteiger partial charge in [-0.3, -0.25) is 0 Å². The third-order valence-corrected chi connectivity index (χ3v) is 2.72. The Morgan fingerprint density at radius 2 is 1.94 bits per heavy atom. The Morgan fingerprint density at radius 3 is 2.56 bits per heavy atom. The van der Waals surface area contributed by atoms with Crippen LogP contribution in [0, 0.1) is 5.82 Å². The average molecular weight is 289 g/mol. The first-order valence-corrected chi connectivity index (χ1v) is 6.12. The molecule has 0 aliphatic carbocycles. The lowest BCUT2D eigenvalue weighted by molar-refractivity contribution is 0.435. The number of benzene rings is 1. The van der Waals surface area contributed by atoms with Gasteiger partial charge >= 0.3 is 0 Å². The molecule has 2 nitrogen and oxygen atoms in total. The van der Waals surface area contributed by atoms with Crippen LogP contribution in [0.2, 0.25) is 0 Å². The third kappa shape index (κ3) is 4.94. The van der Waals surface area contributed by atoms with E-state index in [1.807, 2.05) is 0 Å². The van der Waals surface area contributed by atoms with Crippen LogP contribution >= 0.6 is 15.9 Å². The summed E-state index contributed by atoms with van der Waals surface area (Å²) in [5, 5.41) is 6.53. The van der Waals surface area contributed by atoms with Gasteiger partial charge in [0.05, 0.1) is 5.69 Å². The van der Waals surface area contributed by atoms with E-state index in [2.05, 4.69) is 47.3 Å². The van der Waals surface area contributed by atoms with Gasteiger partial charge in [0.25, 0.3) is 0 Å². The van der Waals surface area contributed by atoms with Gasteiger partial charge in [0.15, 0.2) is 0 Å². The summed E-state index contributed by atoms with van der Waals surface area (Å²) in [6.45, 7) is 7.95. The zero-order chi connectivity index (χ0) is 12.2. The van der Waals surface area contributed by atoms with Gasteiger partial charge in [0.1, 0.15) is 5.82 Å². The normalized spacial score (nSPS) is 11.6. The van der Waals surface area contributed by atoms with Crippen LogP contribution in [0.3, 0.4) is 0 Å². The van der Waals surface area contributed by atoms with Crippen molar-refractivity contribution < 1.29 is 4.39 Å². The molecule has 0 radical (unpaired) electrons. The second kappa shape index (κ2) is 5.64. The average Bonchev–Trinajstić information content (AvgIpc) is 2.16. The molecule has 1 aromatic rings. The molecular formula is C12H18BrFN2. The van der Waals surface area contributed by atoms with Gasteiger partial charge in [-0.05, 0) is 54.9 Å². The van der Waals surface area contributed by atoms with Crippen LogP contribution in [0.1, 0.15) is 20.8 Å². The van der Waals surface area contributed by atoms with Crippen molar-refractivity contribution in [1.82, 2.24) is 5.32 Å². The summed E-state index contributed by atoms with van der Waals surface area (Å²) in [6, 6.07) is 4.62. The van der Waals surface area contributed by atoms with Crippen LogP contribution < -0.4 is 10.6 Å². The molecule has 1 aromatic carbocycles. The first-order chi connectivity index (χ1) is 7.38. The van der Waals surface area contributed by atoms with E-state index in [0.29, 0.717) is 0 Å². The lowest BCUT2D eigenvalue weighted by Crippen LogP contribution is -2.38. The van der Waals surface area contributed by atoms with Crippen molar-refractivity contribution >= 4 is 21.6 Å². The topological polar surface area (TPSA) is 24.1 Å². The summed E-state index contributed by atoms with van der Waals surface area (Å²) < 4.78 is 13.8. The highest BCUT2D eigenvalue weighted by Gasteiger charge is 2.07. The number of halogens is 2. The molecule has 90 valence electrons. The zero-order valence-corrected chi connectivity index (χ0v) is 11.5. The van der Waals surface area contributed by atoms with Crippen LogP contribution in [0.25, 0.3) is 0 Å². The van der Waals surface area contributed by atoms with Crippen molar-refractivity contribution in [2.45, 2.75) is 26.3 Å². The van der Waals surface area contributed by atoms with Gasteiger partial charge < -0.3 is 10.6 Å². The van der Waals surface area contributed by atoms with Crippen molar-refractivity contribution in [3.05, 3.63) is 28.5 Å². The van der Waals surface area contributed by atoms with Gasteiger partial charge in [-0.1, -0.05) is 0 Å². The van der Waals surface area contributed by atoms with E-state index in [1.165, 1.54) is 12.1 Å². The van der Waals surface area contributed by atoms with Crippen molar-refractivity contribution in [2.75, 3.05) is 18.4 Å². The molecule has 1 rings (SSSR count). The molecule has 0 aromatic heterocycles. The summed E-state index contributed by atoms with van der Waals surface area (Å²) in [5.74, 6) is -0.227. The highest BCUT2D eigenvalue weighted by Crippen LogP contribution is 2.22. The smallest absolute Gasteiger partial charge is 0.125 e. The minimum atomic E-state index is -0.227. The predicted molar refractivity (Wildman–Crippen MR) is 70.3 cm³/mol. The fourth-order valence-electron chi connectivity index (χ4n) is 1.27. The molecule has 0 amide bonds. The summed E-state index contributed by atoms with van der Waals surface area (Å²) in [7, 11) is 0. The monoisotopic (exact) mass is 288 g/mol. The van der Waals surface area contributed by atoms with Gasteiger partial charge in [-0.2, -0.15) is 0 Å². The third-order valence-electron chi connectivity index (χ3n) is 2.02. The lowest BCUT2D eigenvalue weighted by atomic mass is 10.1. The largest absolute Gasteiger partial charge is 0.383 e. The van der Waals surface area contributed by atoms with E-state index in [0.717, 1.165) is 23.2 Å². The Hall–Kier alpha value is -0.610. The minimum absolute atomic E-state index is 0.112. The molecule has 0 atom stereocenters. The minimum Gasteiger partial charge on any atom is -0.383 e. The maximum atomic E-state index is 13.0. The Morgan fingerprint density at radius 1 is 1.25 bits per heavy atom. The fraction of sp³-hybridized carbons (Fsp3) is 0.500. The van der Waals surface area contributed by atoms with E-state index >= 15 is 0 Å². The van der Waals surface area contributed by atoms with E-state index in [-0.39, 0.29) is 11.4 Å². The molecule has 0 fully saturated rings. The first-order valence-electron chi connectivity index (χ1n) is 5.32. The molecular weight excluding hydrogens is 271 g/mol. The molecule has 0 saturated heterocycles. The molecule has 0 bridgehead atoms. The number of rotatable bonds is 4. The van der Waals surface area contributed by atoms with E-state index in [9.17, 15) is 4.39 Å². The van der Waals surface area contributed by atoms with E-state index in [1.54, 1.807) is 6.07 Å². The summed E-state index contributed by atoms with van der Waals surface area (Å²) >= 11 is 3.37. The van der Waals surface area contributed by atoms with E-state index < -0.39 is 0 Å². The molecule has 0 aliphatic heterocycles. The SMILES string of the molecule is CC(C)(C)NCCNc1cc(F)ccc1Br. The van der Waals surface area contributed by atoms with Crippen LogP contribution in [-0.4, -0.2) is 18.6 Å². The number of hydrogen-bond donors (Lipinski definition) is 2. The zero-order valence-electron chi connectivity index (χ0n) is 9.90. The van der Waals surface area contributed by atoms with Crippen molar-refractivity contribution in [3.63, 3.8) is 0 Å². The Balaban J connectivity index is 2.40. The van der Waals surface area contributed by atoms with Crippen molar-refractivity contribution in [3.8, 4) is 0 Å². The molecule has 0 saturated carbocycles. The van der Waals surface area contributed by atoms with Gasteiger partial charge in [-0.25, -0.2) is 4.39 Å². The van der Waals surface area contributed by atoms with Crippen LogP contribution in [0.5, 0.6) is 0 Å². The molecule has 0 unspecified atom stereocenters. The fourth-order valence-corrected chi connectivity index (χ4v) is 1.65. The highest BCUT2D eigenvalue weighted by atomic mass is 79.9. The maximum absolute atomic E-state index is 13.0. The Labute approximate surface area is 105 Å². The number of hydrogen-bond acceptors (Lipinski definition) is 2. The Bertz CT molecular complexity index is 347. The van der Waals surface area contributed by atoms with Crippen LogP contribution in [0.15, 0.2) is 22.7 Å². The van der Waals surface area contributed by atoms with Crippen molar-refractivity contribution in [2.24, 2.45) is 0 Å². The van der Waals surface area contributed by atoms with Gasteiger partial charge in [0.2, 0.25) is 0 Å². The quantitative estimate of drug-likeness (QED) is 0.830. The summed E-state index contributed by atoms with van der Waals surface area (Å²) in [4.78, 5) is 0. The summed E-state index contributed by atoms with van der Waals surface area (Å²) in [5.41, 5.74) is 0.900. The standard InChI is InChI=1S/C12H18BrFN2/c1-12(2,3)16-7-6-15-11-8-9(14)4-5-10(11)13/h4-5,8,15-16H,6-7H2,1-3H3. The number of nitrogens with one attached hydrogen (secondary N) is 2. The first kappa shape index (κ1) is 13.5. The molecule has 0 heterocycles. The second-order valence-corrected chi connectivity index (χ2v) is 5.58. The molecule has 0 spiro atoms.